The Hall–Kier alpha value is -2.09. The Labute approximate surface area is 150 Å². The molecule has 1 heterocycles. The van der Waals surface area contributed by atoms with Crippen molar-refractivity contribution in [1.29, 1.82) is 0 Å². The third kappa shape index (κ3) is 3.87. The number of nitrogens with zero attached hydrogens (tertiary/aromatic N) is 1. The molecule has 0 radical (unpaired) electrons. The molecule has 5 nitrogen and oxygen atoms in total. The molecule has 0 unspecified atom stereocenters. The van der Waals surface area contributed by atoms with E-state index in [0.29, 0.717) is 5.02 Å². The van der Waals surface area contributed by atoms with Crippen LogP contribution in [-0.4, -0.2) is 27.7 Å². The predicted molar refractivity (Wildman–Crippen MR) is 97.4 cm³/mol. The van der Waals surface area contributed by atoms with Crippen LogP contribution in [0.2, 0.25) is 5.02 Å². The van der Waals surface area contributed by atoms with Gasteiger partial charge in [0, 0.05) is 0 Å². The first kappa shape index (κ1) is 16.8. The fourth-order valence-electron chi connectivity index (χ4n) is 1.98. The number of aromatic nitrogens is 1. The Morgan fingerprint density at radius 1 is 1.25 bits per heavy atom. The van der Waals surface area contributed by atoms with Gasteiger partial charge in [0.05, 0.1) is 32.2 Å². The molecule has 0 bridgehead atoms. The van der Waals surface area contributed by atoms with E-state index in [-0.39, 0.29) is 22.9 Å². The van der Waals surface area contributed by atoms with Gasteiger partial charge in [-0.25, -0.2) is 9.78 Å². The highest BCUT2D eigenvalue weighted by Gasteiger charge is 2.12. The van der Waals surface area contributed by atoms with Crippen LogP contribution in [0.1, 0.15) is 10.4 Å². The van der Waals surface area contributed by atoms with Crippen molar-refractivity contribution in [2.75, 3.05) is 11.1 Å². The first-order valence-corrected chi connectivity index (χ1v) is 9.02. The molecule has 2 aromatic carbocycles. The SMILES string of the molecule is O=C(CSc1nc2ccccc2s1)Nc1cc(C(=O)O)ccc1Cl. The van der Waals surface area contributed by atoms with Gasteiger partial charge in [-0.15, -0.1) is 11.3 Å². The van der Waals surface area contributed by atoms with Crippen molar-refractivity contribution in [3.05, 3.63) is 53.1 Å². The molecule has 0 aliphatic rings. The van der Waals surface area contributed by atoms with Crippen LogP contribution in [0.4, 0.5) is 5.69 Å². The molecule has 2 N–H and O–H groups in total. The summed E-state index contributed by atoms with van der Waals surface area (Å²) in [6.07, 6.45) is 0. The third-order valence-electron chi connectivity index (χ3n) is 3.09. The molecule has 0 spiro atoms. The van der Waals surface area contributed by atoms with Gasteiger partial charge in [0.15, 0.2) is 4.34 Å². The minimum absolute atomic E-state index is 0.0635. The monoisotopic (exact) mass is 378 g/mol. The Morgan fingerprint density at radius 3 is 2.79 bits per heavy atom. The number of thioether (sulfide) groups is 1. The maximum absolute atomic E-state index is 12.1. The smallest absolute Gasteiger partial charge is 0.335 e. The second-order valence-electron chi connectivity index (χ2n) is 4.78. The Kier molecular flexibility index (Phi) is 5.03. The molecule has 0 saturated carbocycles. The van der Waals surface area contributed by atoms with Crippen molar-refractivity contribution < 1.29 is 14.7 Å². The van der Waals surface area contributed by atoms with Gasteiger partial charge in [0.1, 0.15) is 0 Å². The number of benzene rings is 2. The highest BCUT2D eigenvalue weighted by Crippen LogP contribution is 2.29. The van der Waals surface area contributed by atoms with Gasteiger partial charge < -0.3 is 10.4 Å². The lowest BCUT2D eigenvalue weighted by atomic mass is 10.2. The Bertz CT molecular complexity index is 894. The summed E-state index contributed by atoms with van der Waals surface area (Å²) in [5.74, 6) is -1.19. The first-order valence-electron chi connectivity index (χ1n) is 6.84. The number of hydrogen-bond acceptors (Lipinski definition) is 5. The molecular weight excluding hydrogens is 368 g/mol. The molecule has 0 fully saturated rings. The number of hydrogen-bond donors (Lipinski definition) is 2. The number of amides is 1. The van der Waals surface area contributed by atoms with Crippen molar-refractivity contribution in [2.45, 2.75) is 4.34 Å². The number of carbonyl (C=O) groups is 2. The molecule has 3 aromatic rings. The number of anilines is 1. The molecule has 0 aliphatic heterocycles. The van der Waals surface area contributed by atoms with Crippen LogP contribution >= 0.6 is 34.7 Å². The van der Waals surface area contributed by atoms with E-state index in [1.165, 1.54) is 41.3 Å². The van der Waals surface area contributed by atoms with Gasteiger partial charge in [-0.3, -0.25) is 4.79 Å². The average molecular weight is 379 g/mol. The average Bonchev–Trinajstić information content (AvgIpc) is 2.97. The Morgan fingerprint density at radius 2 is 2.04 bits per heavy atom. The summed E-state index contributed by atoms with van der Waals surface area (Å²) in [6, 6.07) is 11.9. The number of thiazole rings is 1. The molecule has 8 heteroatoms. The zero-order chi connectivity index (χ0) is 17.1. The van der Waals surface area contributed by atoms with E-state index in [4.69, 9.17) is 16.7 Å². The number of fused-ring (bicyclic) bond motifs is 1. The molecule has 3 rings (SSSR count). The minimum Gasteiger partial charge on any atom is -0.478 e. The van der Waals surface area contributed by atoms with Crippen LogP contribution in [-0.2, 0) is 4.79 Å². The number of rotatable bonds is 5. The highest BCUT2D eigenvalue weighted by atomic mass is 35.5. The molecule has 1 aromatic heterocycles. The van der Waals surface area contributed by atoms with E-state index < -0.39 is 5.97 Å². The fraction of sp³-hybridized carbons (Fsp3) is 0.0625. The zero-order valence-corrected chi connectivity index (χ0v) is 14.5. The summed E-state index contributed by atoms with van der Waals surface area (Å²) in [4.78, 5) is 27.5. The fourth-order valence-corrected chi connectivity index (χ4v) is 4.01. The van der Waals surface area contributed by atoms with E-state index in [1.54, 1.807) is 0 Å². The maximum atomic E-state index is 12.1. The quantitative estimate of drug-likeness (QED) is 0.644. The molecule has 122 valence electrons. The van der Waals surface area contributed by atoms with Gasteiger partial charge in [0.25, 0.3) is 0 Å². The van der Waals surface area contributed by atoms with E-state index in [9.17, 15) is 9.59 Å². The molecule has 0 saturated heterocycles. The lowest BCUT2D eigenvalue weighted by molar-refractivity contribution is -0.113. The lowest BCUT2D eigenvalue weighted by Gasteiger charge is -2.07. The molecule has 0 aliphatic carbocycles. The van der Waals surface area contributed by atoms with E-state index in [0.717, 1.165) is 14.6 Å². The van der Waals surface area contributed by atoms with Crippen molar-refractivity contribution in [3.63, 3.8) is 0 Å². The van der Waals surface area contributed by atoms with Crippen LogP contribution in [0.15, 0.2) is 46.8 Å². The standard InChI is InChI=1S/C16H11ClN2O3S2/c17-10-6-5-9(15(21)22)7-12(10)18-14(20)8-23-16-19-11-3-1-2-4-13(11)24-16/h1-7H,8H2,(H,18,20)(H,21,22). The summed E-state index contributed by atoms with van der Waals surface area (Å²) in [5, 5.41) is 11.9. The summed E-state index contributed by atoms with van der Waals surface area (Å²) in [5.41, 5.74) is 1.25. The van der Waals surface area contributed by atoms with Crippen molar-refractivity contribution in [3.8, 4) is 0 Å². The summed E-state index contributed by atoms with van der Waals surface area (Å²) >= 11 is 8.84. The topological polar surface area (TPSA) is 79.3 Å². The van der Waals surface area contributed by atoms with Crippen LogP contribution in [0.3, 0.4) is 0 Å². The molecule has 0 atom stereocenters. The molecule has 1 amide bonds. The summed E-state index contributed by atoms with van der Waals surface area (Å²) in [7, 11) is 0. The highest BCUT2D eigenvalue weighted by molar-refractivity contribution is 8.01. The number of aromatic carboxylic acids is 1. The van der Waals surface area contributed by atoms with Crippen LogP contribution < -0.4 is 5.32 Å². The number of carboxylic acid groups (broad SMARTS) is 1. The van der Waals surface area contributed by atoms with Crippen molar-refractivity contribution >= 4 is 62.5 Å². The number of carbonyl (C=O) groups excluding carboxylic acids is 1. The largest absolute Gasteiger partial charge is 0.478 e. The normalized spacial score (nSPS) is 10.7. The zero-order valence-electron chi connectivity index (χ0n) is 12.2. The van der Waals surface area contributed by atoms with E-state index in [1.807, 2.05) is 24.3 Å². The van der Waals surface area contributed by atoms with Crippen molar-refractivity contribution in [2.24, 2.45) is 0 Å². The summed E-state index contributed by atoms with van der Waals surface area (Å²) in [6.45, 7) is 0. The minimum atomic E-state index is -1.08. The van der Waals surface area contributed by atoms with E-state index >= 15 is 0 Å². The second kappa shape index (κ2) is 7.21. The van der Waals surface area contributed by atoms with Gasteiger partial charge in [-0.05, 0) is 30.3 Å². The first-order chi connectivity index (χ1) is 11.5. The number of nitrogens with one attached hydrogen (secondary N) is 1. The number of halogens is 1. The van der Waals surface area contributed by atoms with Gasteiger partial charge >= 0.3 is 5.97 Å². The maximum Gasteiger partial charge on any atom is 0.335 e. The van der Waals surface area contributed by atoms with Crippen LogP contribution in [0.25, 0.3) is 10.2 Å². The summed E-state index contributed by atoms with van der Waals surface area (Å²) < 4.78 is 1.87. The second-order valence-corrected chi connectivity index (χ2v) is 7.44. The Balaban J connectivity index is 1.65. The molecule has 24 heavy (non-hydrogen) atoms. The molecular formula is C16H11ClN2O3S2. The van der Waals surface area contributed by atoms with Crippen LogP contribution in [0.5, 0.6) is 0 Å². The van der Waals surface area contributed by atoms with Gasteiger partial charge in [0.2, 0.25) is 5.91 Å². The van der Waals surface area contributed by atoms with Gasteiger partial charge in [-0.2, -0.15) is 0 Å². The predicted octanol–water partition coefficient (Wildman–Crippen LogP) is 4.38. The van der Waals surface area contributed by atoms with Gasteiger partial charge in [-0.1, -0.05) is 35.5 Å². The number of carboxylic acids is 1. The van der Waals surface area contributed by atoms with Crippen LogP contribution in [0, 0.1) is 0 Å². The number of para-hydroxylation sites is 1. The van der Waals surface area contributed by atoms with Crippen molar-refractivity contribution in [1.82, 2.24) is 4.98 Å². The third-order valence-corrected chi connectivity index (χ3v) is 5.60. The van der Waals surface area contributed by atoms with E-state index in [2.05, 4.69) is 10.3 Å². The lowest BCUT2D eigenvalue weighted by Crippen LogP contribution is -2.14.